The fourth-order valence-corrected chi connectivity index (χ4v) is 2.09. The minimum atomic E-state index is -0.544. The Bertz CT molecular complexity index is 473. The zero-order chi connectivity index (χ0) is 13.8. The molecule has 0 aromatic heterocycles. The van der Waals surface area contributed by atoms with Crippen molar-refractivity contribution in [3.63, 3.8) is 0 Å². The second-order valence-electron chi connectivity index (χ2n) is 4.33. The van der Waals surface area contributed by atoms with Gasteiger partial charge in [0.2, 0.25) is 5.91 Å². The Labute approximate surface area is 111 Å². The van der Waals surface area contributed by atoms with Crippen molar-refractivity contribution in [2.45, 2.75) is 18.9 Å². The fourth-order valence-electron chi connectivity index (χ4n) is 2.09. The fraction of sp³-hybridized carbons (Fsp3) is 0.462. The van der Waals surface area contributed by atoms with Gasteiger partial charge in [-0.15, -0.1) is 0 Å². The normalized spacial score (nSPS) is 18.2. The summed E-state index contributed by atoms with van der Waals surface area (Å²) in [5.74, 6) is -0.281. The molecule has 0 aliphatic carbocycles. The molecule has 1 atom stereocenters. The van der Waals surface area contributed by atoms with E-state index in [1.54, 1.807) is 0 Å². The second-order valence-corrected chi connectivity index (χ2v) is 4.33. The van der Waals surface area contributed by atoms with Crippen LogP contribution in [0.25, 0.3) is 0 Å². The van der Waals surface area contributed by atoms with Gasteiger partial charge >= 0.3 is 0 Å². The molecule has 1 aromatic carbocycles. The Morgan fingerprint density at radius 1 is 1.37 bits per heavy atom. The molecule has 1 aliphatic rings. The summed E-state index contributed by atoms with van der Waals surface area (Å²) in [6.45, 7) is 0.826. The standard InChI is InChI=1S/C13H17FN2O3/c1-18-11-7-12(19-2)10(6-8(11)14)16-13(17)9-4-3-5-15-9/h6-7,9,15H,3-5H2,1-2H3,(H,16,17)/t9-/m1/s1. The molecule has 0 unspecified atom stereocenters. The first-order valence-electron chi connectivity index (χ1n) is 6.11. The SMILES string of the molecule is COc1cc(OC)c(NC(=O)[C@H]2CCCN2)cc1F. The van der Waals surface area contributed by atoms with Crippen molar-refractivity contribution in [2.24, 2.45) is 0 Å². The van der Waals surface area contributed by atoms with Gasteiger partial charge in [0.1, 0.15) is 5.75 Å². The highest BCUT2D eigenvalue weighted by Gasteiger charge is 2.23. The number of halogens is 1. The van der Waals surface area contributed by atoms with E-state index in [-0.39, 0.29) is 17.7 Å². The lowest BCUT2D eigenvalue weighted by atomic mass is 10.2. The summed E-state index contributed by atoms with van der Waals surface area (Å²) in [6.07, 6.45) is 1.75. The zero-order valence-corrected chi connectivity index (χ0v) is 11.0. The number of ether oxygens (including phenoxy) is 2. The molecule has 0 bridgehead atoms. The van der Waals surface area contributed by atoms with Gasteiger partial charge in [-0.05, 0) is 19.4 Å². The molecule has 0 saturated carbocycles. The summed E-state index contributed by atoms with van der Waals surface area (Å²) < 4.78 is 23.6. The smallest absolute Gasteiger partial charge is 0.241 e. The third kappa shape index (κ3) is 2.96. The first-order valence-corrected chi connectivity index (χ1v) is 6.11. The monoisotopic (exact) mass is 268 g/mol. The topological polar surface area (TPSA) is 59.6 Å². The maximum absolute atomic E-state index is 13.6. The van der Waals surface area contributed by atoms with Crippen molar-refractivity contribution in [3.8, 4) is 11.5 Å². The largest absolute Gasteiger partial charge is 0.494 e. The quantitative estimate of drug-likeness (QED) is 0.869. The van der Waals surface area contributed by atoms with Crippen LogP contribution in [0.15, 0.2) is 12.1 Å². The van der Waals surface area contributed by atoms with Gasteiger partial charge in [-0.1, -0.05) is 0 Å². The first kappa shape index (κ1) is 13.6. The van der Waals surface area contributed by atoms with Crippen molar-refractivity contribution >= 4 is 11.6 Å². The summed E-state index contributed by atoms with van der Waals surface area (Å²) >= 11 is 0. The average molecular weight is 268 g/mol. The molecular formula is C13H17FN2O3. The molecule has 1 saturated heterocycles. The summed E-state index contributed by atoms with van der Waals surface area (Å²) in [5, 5.41) is 5.75. The molecule has 19 heavy (non-hydrogen) atoms. The number of benzene rings is 1. The van der Waals surface area contributed by atoms with E-state index in [2.05, 4.69) is 10.6 Å². The number of amides is 1. The average Bonchev–Trinajstić information content (AvgIpc) is 2.93. The molecule has 5 nitrogen and oxygen atoms in total. The van der Waals surface area contributed by atoms with Crippen molar-refractivity contribution in [1.29, 1.82) is 0 Å². The number of hydrogen-bond acceptors (Lipinski definition) is 4. The van der Waals surface area contributed by atoms with Gasteiger partial charge in [0.05, 0.1) is 25.9 Å². The van der Waals surface area contributed by atoms with Crippen LogP contribution in [0.3, 0.4) is 0 Å². The van der Waals surface area contributed by atoms with E-state index in [1.165, 1.54) is 26.4 Å². The van der Waals surface area contributed by atoms with Crippen molar-refractivity contribution in [1.82, 2.24) is 5.32 Å². The minimum Gasteiger partial charge on any atom is -0.494 e. The van der Waals surface area contributed by atoms with Crippen LogP contribution in [0.4, 0.5) is 10.1 Å². The van der Waals surface area contributed by atoms with E-state index >= 15 is 0 Å². The highest BCUT2D eigenvalue weighted by atomic mass is 19.1. The molecule has 0 radical (unpaired) electrons. The van der Waals surface area contributed by atoms with Gasteiger partial charge < -0.3 is 20.1 Å². The Kier molecular flexibility index (Phi) is 4.21. The van der Waals surface area contributed by atoms with Crippen LogP contribution in [0.2, 0.25) is 0 Å². The number of methoxy groups -OCH3 is 2. The third-order valence-corrected chi connectivity index (χ3v) is 3.11. The molecule has 1 fully saturated rings. The molecule has 1 amide bonds. The first-order chi connectivity index (χ1) is 9.15. The van der Waals surface area contributed by atoms with Crippen molar-refractivity contribution < 1.29 is 18.7 Å². The number of nitrogens with one attached hydrogen (secondary N) is 2. The third-order valence-electron chi connectivity index (χ3n) is 3.11. The lowest BCUT2D eigenvalue weighted by Crippen LogP contribution is -2.35. The Morgan fingerprint density at radius 2 is 2.11 bits per heavy atom. The van der Waals surface area contributed by atoms with E-state index in [1.807, 2.05) is 0 Å². The Balaban J connectivity index is 2.18. The summed E-state index contributed by atoms with van der Waals surface area (Å²) in [4.78, 5) is 12.0. The Hall–Kier alpha value is -1.82. The van der Waals surface area contributed by atoms with Crippen molar-refractivity contribution in [2.75, 3.05) is 26.1 Å². The number of rotatable bonds is 4. The molecular weight excluding hydrogens is 251 g/mol. The molecule has 2 N–H and O–H groups in total. The molecule has 1 heterocycles. The van der Waals surface area contributed by atoms with E-state index in [0.717, 1.165) is 19.4 Å². The molecule has 1 aliphatic heterocycles. The van der Waals surface area contributed by atoms with Crippen molar-refractivity contribution in [3.05, 3.63) is 17.9 Å². The maximum atomic E-state index is 13.6. The van der Waals surface area contributed by atoms with Gasteiger partial charge in [0, 0.05) is 12.1 Å². The van der Waals surface area contributed by atoms with Crippen LogP contribution in [0, 0.1) is 5.82 Å². The van der Waals surface area contributed by atoms with E-state index in [9.17, 15) is 9.18 Å². The lowest BCUT2D eigenvalue weighted by Gasteiger charge is -2.15. The van der Waals surface area contributed by atoms with Crippen LogP contribution in [0.1, 0.15) is 12.8 Å². The van der Waals surface area contributed by atoms with E-state index < -0.39 is 5.82 Å². The maximum Gasteiger partial charge on any atom is 0.241 e. The van der Waals surface area contributed by atoms with E-state index in [0.29, 0.717) is 11.4 Å². The molecule has 104 valence electrons. The van der Waals surface area contributed by atoms with Gasteiger partial charge in [-0.25, -0.2) is 4.39 Å². The summed E-state index contributed by atoms with van der Waals surface area (Å²) in [7, 11) is 2.83. The lowest BCUT2D eigenvalue weighted by molar-refractivity contribution is -0.117. The predicted molar refractivity (Wildman–Crippen MR) is 69.2 cm³/mol. The van der Waals surface area contributed by atoms with Crippen LogP contribution in [-0.4, -0.2) is 32.7 Å². The zero-order valence-electron chi connectivity index (χ0n) is 11.0. The van der Waals surface area contributed by atoms with E-state index in [4.69, 9.17) is 9.47 Å². The predicted octanol–water partition coefficient (Wildman–Crippen LogP) is 1.53. The van der Waals surface area contributed by atoms with Crippen LogP contribution >= 0.6 is 0 Å². The number of anilines is 1. The van der Waals surface area contributed by atoms with Crippen LogP contribution in [-0.2, 0) is 4.79 Å². The minimum absolute atomic E-state index is 0.0776. The van der Waals surface area contributed by atoms with Gasteiger partial charge in [0.25, 0.3) is 0 Å². The summed E-state index contributed by atoms with van der Waals surface area (Å²) in [5.41, 5.74) is 0.305. The number of hydrogen-bond donors (Lipinski definition) is 2. The van der Waals surface area contributed by atoms with Crippen LogP contribution in [0.5, 0.6) is 11.5 Å². The number of carbonyl (C=O) groups is 1. The number of carbonyl (C=O) groups excluding carboxylic acids is 1. The van der Waals surface area contributed by atoms with Gasteiger partial charge in [-0.2, -0.15) is 0 Å². The molecule has 1 aromatic rings. The highest BCUT2D eigenvalue weighted by molar-refractivity contribution is 5.96. The second kappa shape index (κ2) is 5.88. The Morgan fingerprint density at radius 3 is 2.68 bits per heavy atom. The van der Waals surface area contributed by atoms with Crippen LogP contribution < -0.4 is 20.1 Å². The highest BCUT2D eigenvalue weighted by Crippen LogP contribution is 2.32. The molecule has 2 rings (SSSR count). The van der Waals surface area contributed by atoms with Gasteiger partial charge in [-0.3, -0.25) is 4.79 Å². The summed E-state index contributed by atoms with van der Waals surface area (Å²) in [6, 6.07) is 2.38. The van der Waals surface area contributed by atoms with Gasteiger partial charge in [0.15, 0.2) is 11.6 Å². The molecule has 0 spiro atoms. The molecule has 6 heteroatoms.